The van der Waals surface area contributed by atoms with Crippen molar-refractivity contribution in [1.29, 1.82) is 0 Å². The Bertz CT molecular complexity index is 1480. The molecule has 0 aromatic heterocycles. The van der Waals surface area contributed by atoms with Gasteiger partial charge in [0, 0.05) is 30.6 Å². The number of carbonyl (C=O) groups excluding carboxylic acids is 1. The van der Waals surface area contributed by atoms with Gasteiger partial charge in [0.1, 0.15) is 5.75 Å². The van der Waals surface area contributed by atoms with Crippen molar-refractivity contribution in [2.45, 2.75) is 75.1 Å². The topological polar surface area (TPSA) is 108 Å². The van der Waals surface area contributed by atoms with Crippen molar-refractivity contribution in [3.63, 3.8) is 0 Å². The van der Waals surface area contributed by atoms with E-state index in [0.717, 1.165) is 61.7 Å². The average Bonchev–Trinajstić information content (AvgIpc) is 3.14. The molecule has 240 valence electrons. The van der Waals surface area contributed by atoms with Gasteiger partial charge in [-0.15, -0.1) is 0 Å². The Morgan fingerprint density at radius 1 is 1.20 bits per heavy atom. The fraction of sp³-hybridized carbons (Fsp3) is 0.559. The monoisotopic (exact) mass is 644 g/mol. The summed E-state index contributed by atoms with van der Waals surface area (Å²) in [7, 11) is -0.510. The quantitative estimate of drug-likeness (QED) is 0.235. The standard InChI is InChI=1S/C34H45ClN2O6S/c1-4-29(44(36,39)40)14-13-28(41-2)12-9-23-7-8-26(23)20-37-21-34(17-5-6-24-18-27(35)11-15-30(24)34)22-43-32-16-10-25(19-31(32)37)33(38)42-3/h9-12,15-16,18-19,23,26,28-29H,4-8,13-14,17,20-22H2,1-3H3,(H2,36,39,40)/b12-9+/t23-,26-,28+,29+,34-/m0/s1. The summed E-state index contributed by atoms with van der Waals surface area (Å²) in [6.07, 6.45) is 11.0. The number of esters is 1. The highest BCUT2D eigenvalue weighted by Crippen LogP contribution is 2.46. The molecule has 44 heavy (non-hydrogen) atoms. The van der Waals surface area contributed by atoms with Crippen LogP contribution in [0.1, 0.15) is 73.4 Å². The Hall–Kier alpha value is -2.59. The molecule has 2 aromatic carbocycles. The predicted molar refractivity (Wildman–Crippen MR) is 174 cm³/mol. The average molecular weight is 645 g/mol. The summed E-state index contributed by atoms with van der Waals surface area (Å²) in [5.41, 5.74) is 3.82. The number of benzene rings is 2. The maximum absolute atomic E-state index is 12.5. The molecule has 2 N–H and O–H groups in total. The van der Waals surface area contributed by atoms with E-state index in [1.54, 1.807) is 13.2 Å². The van der Waals surface area contributed by atoms with Crippen LogP contribution in [0.2, 0.25) is 5.02 Å². The molecule has 0 radical (unpaired) electrons. The Kier molecular flexibility index (Phi) is 10.3. The second-order valence-corrected chi connectivity index (χ2v) is 14.9. The molecule has 1 spiro atoms. The van der Waals surface area contributed by atoms with Crippen LogP contribution in [-0.2, 0) is 31.3 Å². The van der Waals surface area contributed by atoms with Gasteiger partial charge in [-0.05, 0) is 105 Å². The minimum absolute atomic E-state index is 0.171. The lowest BCUT2D eigenvalue weighted by Gasteiger charge is -2.44. The Labute approximate surface area is 266 Å². The van der Waals surface area contributed by atoms with Crippen LogP contribution >= 0.6 is 11.6 Å². The molecule has 0 saturated heterocycles. The zero-order chi connectivity index (χ0) is 31.5. The predicted octanol–water partition coefficient (Wildman–Crippen LogP) is 6.04. The summed E-state index contributed by atoms with van der Waals surface area (Å²) in [6.45, 7) is 4.00. The van der Waals surface area contributed by atoms with Gasteiger partial charge in [-0.3, -0.25) is 0 Å². The number of fused-ring (bicyclic) bond motifs is 3. The first-order valence-corrected chi connectivity index (χ1v) is 17.7. The molecule has 0 amide bonds. The van der Waals surface area contributed by atoms with Crippen molar-refractivity contribution in [2.24, 2.45) is 17.0 Å². The highest BCUT2D eigenvalue weighted by atomic mass is 35.5. The zero-order valence-corrected chi connectivity index (χ0v) is 27.5. The summed E-state index contributed by atoms with van der Waals surface area (Å²) in [6, 6.07) is 11.8. The van der Waals surface area contributed by atoms with E-state index in [-0.39, 0.29) is 17.5 Å². The van der Waals surface area contributed by atoms with E-state index in [1.807, 2.05) is 25.1 Å². The van der Waals surface area contributed by atoms with Gasteiger partial charge in [-0.1, -0.05) is 36.7 Å². The molecular weight excluding hydrogens is 600 g/mol. The highest BCUT2D eigenvalue weighted by Gasteiger charge is 2.43. The highest BCUT2D eigenvalue weighted by molar-refractivity contribution is 7.89. The van der Waals surface area contributed by atoms with Gasteiger partial charge in [0.25, 0.3) is 0 Å². The molecule has 5 rings (SSSR count). The first-order chi connectivity index (χ1) is 21.1. The van der Waals surface area contributed by atoms with Crippen molar-refractivity contribution in [3.8, 4) is 5.75 Å². The molecule has 8 nitrogen and oxygen atoms in total. The van der Waals surface area contributed by atoms with Crippen LogP contribution in [0.3, 0.4) is 0 Å². The van der Waals surface area contributed by atoms with Crippen LogP contribution in [-0.4, -0.2) is 59.7 Å². The SMILES string of the molecule is CC[C@H](CC[C@@H](/C=C/[C@@H]1CC[C@H]1CN1C[C@@]2(CCCc3cc(Cl)ccc32)COc2ccc(C(=O)OC)cc21)OC)S(N)(=O)=O. The number of carbonyl (C=O) groups is 1. The molecule has 0 unspecified atom stereocenters. The minimum atomic E-state index is -3.57. The first kappa shape index (κ1) is 32.8. The van der Waals surface area contributed by atoms with E-state index in [2.05, 4.69) is 29.2 Å². The van der Waals surface area contributed by atoms with Gasteiger partial charge in [0.05, 0.1) is 36.3 Å². The number of allylic oxidation sites excluding steroid dienone is 1. The molecule has 0 bridgehead atoms. The minimum Gasteiger partial charge on any atom is -0.490 e. The fourth-order valence-electron chi connectivity index (χ4n) is 7.23. The van der Waals surface area contributed by atoms with Gasteiger partial charge in [0.2, 0.25) is 10.0 Å². The lowest BCUT2D eigenvalue weighted by atomic mass is 9.69. The molecule has 1 saturated carbocycles. The number of primary sulfonamides is 1. The molecular formula is C34H45ClN2O6S. The molecule has 3 aliphatic rings. The van der Waals surface area contributed by atoms with E-state index in [0.29, 0.717) is 43.3 Å². The summed E-state index contributed by atoms with van der Waals surface area (Å²) < 4.78 is 41.0. The number of halogens is 1. The summed E-state index contributed by atoms with van der Waals surface area (Å²) in [4.78, 5) is 14.9. The van der Waals surface area contributed by atoms with Crippen LogP contribution in [0.5, 0.6) is 5.75 Å². The third-order valence-corrected chi connectivity index (χ3v) is 11.7. The van der Waals surface area contributed by atoms with Gasteiger partial charge in [-0.25, -0.2) is 18.4 Å². The second-order valence-electron chi connectivity index (χ2n) is 12.6. The number of nitrogens with zero attached hydrogens (tertiary/aromatic N) is 1. The summed E-state index contributed by atoms with van der Waals surface area (Å²) >= 11 is 6.40. The summed E-state index contributed by atoms with van der Waals surface area (Å²) in [5.74, 6) is 1.20. The van der Waals surface area contributed by atoms with Crippen molar-refractivity contribution < 1.29 is 27.4 Å². The van der Waals surface area contributed by atoms with Crippen molar-refractivity contribution in [2.75, 3.05) is 38.8 Å². The molecule has 2 aliphatic carbocycles. The number of rotatable bonds is 11. The Morgan fingerprint density at radius 3 is 2.70 bits per heavy atom. The second kappa shape index (κ2) is 13.8. The zero-order valence-electron chi connectivity index (χ0n) is 26.0. The first-order valence-electron chi connectivity index (χ1n) is 15.7. The molecule has 5 atom stereocenters. The van der Waals surface area contributed by atoms with Crippen LogP contribution in [0.4, 0.5) is 5.69 Å². The van der Waals surface area contributed by atoms with E-state index < -0.39 is 15.3 Å². The fourth-order valence-corrected chi connectivity index (χ4v) is 8.35. The molecule has 1 fully saturated rings. The lowest BCUT2D eigenvalue weighted by Crippen LogP contribution is -2.48. The molecule has 1 aliphatic heterocycles. The van der Waals surface area contributed by atoms with Crippen molar-refractivity contribution >= 4 is 33.3 Å². The van der Waals surface area contributed by atoms with Crippen molar-refractivity contribution in [3.05, 3.63) is 70.3 Å². The molecule has 10 heteroatoms. The van der Waals surface area contributed by atoms with E-state index in [4.69, 9.17) is 31.0 Å². The normalized spacial score (nSPS) is 24.5. The Morgan fingerprint density at radius 2 is 2.02 bits per heavy atom. The third kappa shape index (κ3) is 7.11. The summed E-state index contributed by atoms with van der Waals surface area (Å²) in [5, 5.41) is 5.61. The van der Waals surface area contributed by atoms with Gasteiger partial charge in [-0.2, -0.15) is 0 Å². The van der Waals surface area contributed by atoms with Crippen LogP contribution < -0.4 is 14.8 Å². The number of methoxy groups -OCH3 is 2. The number of hydrogen-bond donors (Lipinski definition) is 1. The number of ether oxygens (including phenoxy) is 3. The number of sulfonamides is 1. The van der Waals surface area contributed by atoms with Crippen molar-refractivity contribution in [1.82, 2.24) is 0 Å². The van der Waals surface area contributed by atoms with E-state index >= 15 is 0 Å². The maximum atomic E-state index is 12.5. The Balaban J connectivity index is 1.38. The molecule has 2 aromatic rings. The number of hydrogen-bond acceptors (Lipinski definition) is 7. The van der Waals surface area contributed by atoms with Gasteiger partial charge < -0.3 is 19.1 Å². The molecule has 1 heterocycles. The van der Waals surface area contributed by atoms with E-state index in [1.165, 1.54) is 18.2 Å². The van der Waals surface area contributed by atoms with E-state index in [9.17, 15) is 13.2 Å². The van der Waals surface area contributed by atoms with Crippen LogP contribution in [0, 0.1) is 11.8 Å². The van der Waals surface area contributed by atoms with Gasteiger partial charge >= 0.3 is 5.97 Å². The number of nitrogens with two attached hydrogens (primary N) is 1. The smallest absolute Gasteiger partial charge is 0.337 e. The largest absolute Gasteiger partial charge is 0.490 e. The van der Waals surface area contributed by atoms with Gasteiger partial charge in [0.15, 0.2) is 0 Å². The third-order valence-electron chi connectivity index (χ3n) is 9.96. The van der Waals surface area contributed by atoms with Crippen LogP contribution in [0.15, 0.2) is 48.6 Å². The van der Waals surface area contributed by atoms with Crippen LogP contribution in [0.25, 0.3) is 0 Å². The number of anilines is 1. The number of aryl methyl sites for hydroxylation is 1. The lowest BCUT2D eigenvalue weighted by molar-refractivity contribution is 0.0600. The maximum Gasteiger partial charge on any atom is 0.337 e.